The first kappa shape index (κ1) is 25.4. The van der Waals surface area contributed by atoms with Crippen LogP contribution in [-0.4, -0.2) is 40.1 Å². The number of ether oxygens (including phenoxy) is 2. The zero-order valence-electron chi connectivity index (χ0n) is 21.7. The minimum Gasteiger partial charge on any atom is -0.495 e. The van der Waals surface area contributed by atoms with Gasteiger partial charge in [-0.25, -0.2) is 4.68 Å². The largest absolute Gasteiger partial charge is 0.495 e. The maximum absolute atomic E-state index is 13.4. The molecule has 0 bridgehead atoms. The van der Waals surface area contributed by atoms with Gasteiger partial charge in [0.25, 0.3) is 5.91 Å². The number of nitriles is 1. The Labute approximate surface area is 215 Å². The number of pyridine rings is 1. The van der Waals surface area contributed by atoms with E-state index in [1.807, 2.05) is 52.0 Å². The standard InChI is InChI=1S/C28H28N6O3/c1-17-7-8-21(12-25(17)34-16-24(32-33-34)19-10-22(36-5)15-30-14-19)31-27(35)23-11-20(28(2,3)4)9-18(13-29)26(23)37-6/h7-12,14-16H,1-6H3,(H,31,35). The molecule has 0 spiro atoms. The molecule has 0 atom stereocenters. The molecule has 1 amide bonds. The first-order valence-corrected chi connectivity index (χ1v) is 11.6. The zero-order valence-corrected chi connectivity index (χ0v) is 21.7. The Morgan fingerprint density at radius 2 is 1.86 bits per heavy atom. The summed E-state index contributed by atoms with van der Waals surface area (Å²) in [6.07, 6.45) is 5.10. The SMILES string of the molecule is COc1cncc(-c2cn(-c3cc(NC(=O)c4cc(C(C)(C)C)cc(C#N)c4OC)ccc3C)nn2)c1. The Morgan fingerprint density at radius 1 is 1.08 bits per heavy atom. The number of carbonyl (C=O) groups excluding carboxylic acids is 1. The van der Waals surface area contributed by atoms with Gasteiger partial charge in [0.1, 0.15) is 23.3 Å². The lowest BCUT2D eigenvalue weighted by molar-refractivity contribution is 0.102. The smallest absolute Gasteiger partial charge is 0.259 e. The van der Waals surface area contributed by atoms with Crippen molar-refractivity contribution < 1.29 is 14.3 Å². The summed E-state index contributed by atoms with van der Waals surface area (Å²) in [6.45, 7) is 8.03. The minimum absolute atomic E-state index is 0.244. The van der Waals surface area contributed by atoms with Crippen LogP contribution in [0, 0.1) is 18.3 Å². The molecule has 1 N–H and O–H groups in total. The highest BCUT2D eigenvalue weighted by atomic mass is 16.5. The third-order valence-electron chi connectivity index (χ3n) is 5.98. The molecule has 0 saturated heterocycles. The lowest BCUT2D eigenvalue weighted by Gasteiger charge is -2.22. The number of aromatic nitrogens is 4. The topological polar surface area (TPSA) is 115 Å². The normalized spacial score (nSPS) is 11.1. The molecule has 2 aromatic carbocycles. The third kappa shape index (κ3) is 5.28. The van der Waals surface area contributed by atoms with E-state index < -0.39 is 0 Å². The summed E-state index contributed by atoms with van der Waals surface area (Å²) in [5, 5.41) is 21.1. The lowest BCUT2D eigenvalue weighted by atomic mass is 9.84. The maximum Gasteiger partial charge on any atom is 0.259 e. The summed E-state index contributed by atoms with van der Waals surface area (Å²) in [7, 11) is 3.03. The van der Waals surface area contributed by atoms with E-state index in [9.17, 15) is 10.1 Å². The average molecular weight is 497 g/mol. The summed E-state index contributed by atoms with van der Waals surface area (Å²) in [5.74, 6) is 0.489. The molecule has 4 rings (SSSR count). The molecule has 0 fully saturated rings. The quantitative estimate of drug-likeness (QED) is 0.396. The minimum atomic E-state index is -0.379. The van der Waals surface area contributed by atoms with Gasteiger partial charge in [0.05, 0.1) is 43.4 Å². The van der Waals surface area contributed by atoms with Crippen LogP contribution >= 0.6 is 0 Å². The highest BCUT2D eigenvalue weighted by Gasteiger charge is 2.23. The summed E-state index contributed by atoms with van der Waals surface area (Å²) >= 11 is 0. The predicted molar refractivity (Wildman–Crippen MR) is 140 cm³/mol. The van der Waals surface area contributed by atoms with Crippen molar-refractivity contribution in [2.24, 2.45) is 0 Å². The molecule has 9 nitrogen and oxygen atoms in total. The average Bonchev–Trinajstić information content (AvgIpc) is 3.38. The van der Waals surface area contributed by atoms with E-state index >= 15 is 0 Å². The molecular formula is C28H28N6O3. The van der Waals surface area contributed by atoms with E-state index in [2.05, 4.69) is 26.7 Å². The van der Waals surface area contributed by atoms with Crippen LogP contribution < -0.4 is 14.8 Å². The Bertz CT molecular complexity index is 1510. The van der Waals surface area contributed by atoms with Gasteiger partial charge < -0.3 is 14.8 Å². The lowest BCUT2D eigenvalue weighted by Crippen LogP contribution is -2.18. The predicted octanol–water partition coefficient (Wildman–Crippen LogP) is 5.08. The summed E-state index contributed by atoms with van der Waals surface area (Å²) in [6, 6.07) is 13.0. The number of aryl methyl sites for hydroxylation is 1. The Hall–Kier alpha value is -4.71. The molecule has 0 unspecified atom stereocenters. The van der Waals surface area contributed by atoms with Crippen LogP contribution in [0.3, 0.4) is 0 Å². The Balaban J connectivity index is 1.67. The molecule has 0 aliphatic carbocycles. The number of carbonyl (C=O) groups is 1. The maximum atomic E-state index is 13.4. The number of nitrogens with zero attached hydrogens (tertiary/aromatic N) is 5. The molecule has 0 aliphatic rings. The van der Waals surface area contributed by atoms with Gasteiger partial charge in [0.15, 0.2) is 0 Å². The third-order valence-corrected chi connectivity index (χ3v) is 5.98. The monoisotopic (exact) mass is 496 g/mol. The van der Waals surface area contributed by atoms with Crippen LogP contribution in [0.25, 0.3) is 16.9 Å². The van der Waals surface area contributed by atoms with Crippen LogP contribution in [0.2, 0.25) is 0 Å². The Kier molecular flexibility index (Phi) is 6.94. The molecular weight excluding hydrogens is 468 g/mol. The molecule has 2 aromatic heterocycles. The number of anilines is 1. The molecule has 0 aliphatic heterocycles. The number of benzene rings is 2. The molecule has 37 heavy (non-hydrogen) atoms. The number of methoxy groups -OCH3 is 2. The summed E-state index contributed by atoms with van der Waals surface area (Å²) in [4.78, 5) is 17.5. The van der Waals surface area contributed by atoms with Crippen LogP contribution in [0.4, 0.5) is 5.69 Å². The molecule has 2 heterocycles. The number of hydrogen-bond acceptors (Lipinski definition) is 7. The molecule has 4 aromatic rings. The van der Waals surface area contributed by atoms with Crippen LogP contribution in [0.15, 0.2) is 55.0 Å². The van der Waals surface area contributed by atoms with Crippen molar-refractivity contribution in [1.29, 1.82) is 5.26 Å². The molecule has 0 radical (unpaired) electrons. The van der Waals surface area contributed by atoms with Gasteiger partial charge in [-0.15, -0.1) is 5.10 Å². The highest BCUT2D eigenvalue weighted by Crippen LogP contribution is 2.32. The van der Waals surface area contributed by atoms with Gasteiger partial charge in [-0.3, -0.25) is 9.78 Å². The van der Waals surface area contributed by atoms with E-state index in [4.69, 9.17) is 9.47 Å². The Morgan fingerprint density at radius 3 is 2.54 bits per heavy atom. The van der Waals surface area contributed by atoms with Crippen molar-refractivity contribution in [3.8, 4) is 34.5 Å². The number of nitrogens with one attached hydrogen (secondary N) is 1. The van der Waals surface area contributed by atoms with Crippen molar-refractivity contribution in [2.45, 2.75) is 33.1 Å². The zero-order chi connectivity index (χ0) is 26.7. The van der Waals surface area contributed by atoms with Crippen LogP contribution in [0.1, 0.15) is 47.8 Å². The fourth-order valence-corrected chi connectivity index (χ4v) is 3.85. The van der Waals surface area contributed by atoms with Crippen molar-refractivity contribution in [2.75, 3.05) is 19.5 Å². The second-order valence-electron chi connectivity index (χ2n) is 9.58. The van der Waals surface area contributed by atoms with Gasteiger partial charge >= 0.3 is 0 Å². The van der Waals surface area contributed by atoms with Crippen molar-refractivity contribution >= 4 is 11.6 Å². The number of amides is 1. The first-order chi connectivity index (χ1) is 17.6. The van der Waals surface area contributed by atoms with Crippen molar-refractivity contribution in [3.63, 3.8) is 0 Å². The van der Waals surface area contributed by atoms with Crippen molar-refractivity contribution in [3.05, 3.63) is 77.2 Å². The van der Waals surface area contributed by atoms with Crippen LogP contribution in [-0.2, 0) is 5.41 Å². The van der Waals surface area contributed by atoms with Gasteiger partial charge in [-0.1, -0.05) is 32.1 Å². The van der Waals surface area contributed by atoms with E-state index in [0.29, 0.717) is 28.3 Å². The van der Waals surface area contributed by atoms with E-state index in [-0.39, 0.29) is 17.1 Å². The van der Waals surface area contributed by atoms with Gasteiger partial charge in [0.2, 0.25) is 0 Å². The number of rotatable bonds is 6. The summed E-state index contributed by atoms with van der Waals surface area (Å²) in [5.41, 5.74) is 4.87. The molecule has 9 heteroatoms. The van der Waals surface area contributed by atoms with Crippen LogP contribution in [0.5, 0.6) is 11.5 Å². The fraction of sp³-hybridized carbons (Fsp3) is 0.250. The van der Waals surface area contributed by atoms with E-state index in [1.54, 1.807) is 42.5 Å². The summed E-state index contributed by atoms with van der Waals surface area (Å²) < 4.78 is 12.3. The first-order valence-electron chi connectivity index (χ1n) is 11.6. The fourth-order valence-electron chi connectivity index (χ4n) is 3.85. The molecule has 188 valence electrons. The van der Waals surface area contributed by atoms with E-state index in [0.717, 1.165) is 22.4 Å². The number of hydrogen-bond donors (Lipinski definition) is 1. The van der Waals surface area contributed by atoms with Gasteiger partial charge in [-0.05, 0) is 53.8 Å². The van der Waals surface area contributed by atoms with Gasteiger partial charge in [-0.2, -0.15) is 5.26 Å². The second kappa shape index (κ2) is 10.1. The van der Waals surface area contributed by atoms with E-state index in [1.165, 1.54) is 7.11 Å². The second-order valence-corrected chi connectivity index (χ2v) is 9.58. The van der Waals surface area contributed by atoms with Crippen molar-refractivity contribution in [1.82, 2.24) is 20.0 Å². The highest BCUT2D eigenvalue weighted by molar-refractivity contribution is 6.07. The van der Waals surface area contributed by atoms with Gasteiger partial charge in [0, 0.05) is 17.4 Å². The molecule has 0 saturated carbocycles.